The van der Waals surface area contributed by atoms with Crippen LogP contribution in [0.3, 0.4) is 0 Å². The fourth-order valence-corrected chi connectivity index (χ4v) is 2.33. The van der Waals surface area contributed by atoms with E-state index in [1.54, 1.807) is 0 Å². The zero-order chi connectivity index (χ0) is 12.0. The van der Waals surface area contributed by atoms with E-state index in [2.05, 4.69) is 58.4 Å². The number of quaternary nitrogens is 1. The minimum Gasteiger partial charge on any atom is -0.328 e. The van der Waals surface area contributed by atoms with Crippen LogP contribution < -0.4 is 0 Å². The van der Waals surface area contributed by atoms with Crippen molar-refractivity contribution in [3.63, 3.8) is 0 Å². The Hall–Kier alpha value is -0.820. The third kappa shape index (κ3) is 4.36. The highest BCUT2D eigenvalue weighted by atomic mass is 15.3. The molecule has 0 aliphatic heterocycles. The number of nitrogens with zero attached hydrogens (tertiary/aromatic N) is 1. The predicted molar refractivity (Wildman–Crippen MR) is 71.5 cm³/mol. The lowest BCUT2D eigenvalue weighted by Crippen LogP contribution is -2.44. The van der Waals surface area contributed by atoms with Gasteiger partial charge in [-0.15, -0.1) is 0 Å². The maximum Gasteiger partial charge on any atom is 0.0881 e. The quantitative estimate of drug-likeness (QED) is 0.644. The van der Waals surface area contributed by atoms with Gasteiger partial charge in [0, 0.05) is 0 Å². The van der Waals surface area contributed by atoms with E-state index >= 15 is 0 Å². The molecule has 0 amide bonds. The Labute approximate surface area is 101 Å². The van der Waals surface area contributed by atoms with Gasteiger partial charge in [-0.3, -0.25) is 0 Å². The normalized spacial score (nSPS) is 13.8. The van der Waals surface area contributed by atoms with Gasteiger partial charge in [0.15, 0.2) is 0 Å². The van der Waals surface area contributed by atoms with Gasteiger partial charge in [-0.2, -0.15) is 0 Å². The number of hydrogen-bond acceptors (Lipinski definition) is 0. The maximum absolute atomic E-state index is 2.30. The average molecular weight is 220 g/mol. The zero-order valence-corrected chi connectivity index (χ0v) is 11.2. The molecule has 1 nitrogen and oxygen atoms in total. The van der Waals surface area contributed by atoms with Gasteiger partial charge in [0.2, 0.25) is 0 Å². The highest BCUT2D eigenvalue weighted by Crippen LogP contribution is 2.15. The van der Waals surface area contributed by atoms with E-state index in [-0.39, 0.29) is 0 Å². The lowest BCUT2D eigenvalue weighted by atomic mass is 10.0. The first-order valence-corrected chi connectivity index (χ1v) is 6.39. The summed E-state index contributed by atoms with van der Waals surface area (Å²) in [5, 5.41) is 0. The Morgan fingerprint density at radius 2 is 1.69 bits per heavy atom. The summed E-state index contributed by atoms with van der Waals surface area (Å²) in [6.45, 7) is 2.30. The van der Waals surface area contributed by atoms with E-state index < -0.39 is 0 Å². The molecule has 16 heavy (non-hydrogen) atoms. The molecule has 1 atom stereocenters. The van der Waals surface area contributed by atoms with Crippen molar-refractivity contribution in [2.45, 2.75) is 38.6 Å². The Morgan fingerprint density at radius 1 is 1.06 bits per heavy atom. The molecule has 1 heteroatoms. The first-order chi connectivity index (χ1) is 7.54. The summed E-state index contributed by atoms with van der Waals surface area (Å²) in [4.78, 5) is 0. The van der Waals surface area contributed by atoms with Crippen molar-refractivity contribution in [1.82, 2.24) is 0 Å². The highest BCUT2D eigenvalue weighted by Gasteiger charge is 2.20. The summed E-state index contributed by atoms with van der Waals surface area (Å²) < 4.78 is 1.09. The Balaban J connectivity index is 2.35. The van der Waals surface area contributed by atoms with Crippen LogP contribution in [0, 0.1) is 0 Å². The van der Waals surface area contributed by atoms with Crippen LogP contribution in [0.25, 0.3) is 0 Å². The Bertz CT molecular complexity index is 284. The number of aryl methyl sites for hydroxylation is 1. The largest absolute Gasteiger partial charge is 0.328 e. The summed E-state index contributed by atoms with van der Waals surface area (Å²) in [6, 6.07) is 11.6. The van der Waals surface area contributed by atoms with E-state index in [0.29, 0.717) is 0 Å². The lowest BCUT2D eigenvalue weighted by molar-refractivity contribution is -0.896. The summed E-state index contributed by atoms with van der Waals surface area (Å²) in [7, 11) is 6.91. The van der Waals surface area contributed by atoms with Gasteiger partial charge in [0.25, 0.3) is 0 Å². The second-order valence-corrected chi connectivity index (χ2v) is 5.56. The fraction of sp³-hybridized carbons (Fsp3) is 0.600. The molecule has 0 radical (unpaired) electrons. The van der Waals surface area contributed by atoms with Crippen molar-refractivity contribution in [3.05, 3.63) is 35.9 Å². The minimum absolute atomic E-state index is 0.795. The molecular weight excluding hydrogens is 194 g/mol. The first kappa shape index (κ1) is 13.2. The second kappa shape index (κ2) is 6.05. The van der Waals surface area contributed by atoms with Crippen LogP contribution in [0.15, 0.2) is 30.3 Å². The van der Waals surface area contributed by atoms with Crippen LogP contribution in [0.2, 0.25) is 0 Å². The van der Waals surface area contributed by atoms with Crippen LogP contribution >= 0.6 is 0 Å². The standard InChI is InChI=1S/C15H26N/c1-5-15(16(2,3)4)13-9-12-14-10-7-6-8-11-14/h6-8,10-11,15H,5,9,12-13H2,1-4H3/q+1. The monoisotopic (exact) mass is 220 g/mol. The van der Waals surface area contributed by atoms with Gasteiger partial charge in [0.05, 0.1) is 27.2 Å². The molecule has 0 heterocycles. The molecule has 90 valence electrons. The number of benzene rings is 1. The topological polar surface area (TPSA) is 0 Å². The Kier molecular flexibility index (Phi) is 5.01. The zero-order valence-electron chi connectivity index (χ0n) is 11.2. The summed E-state index contributed by atoms with van der Waals surface area (Å²) in [5.41, 5.74) is 1.47. The SMILES string of the molecule is CCC(CCCc1ccccc1)[N+](C)(C)C. The molecular formula is C15H26N+. The van der Waals surface area contributed by atoms with Crippen LogP contribution in [-0.2, 0) is 6.42 Å². The van der Waals surface area contributed by atoms with E-state index in [4.69, 9.17) is 0 Å². The smallest absolute Gasteiger partial charge is 0.0881 e. The van der Waals surface area contributed by atoms with E-state index in [1.165, 1.54) is 31.2 Å². The third-order valence-electron chi connectivity index (χ3n) is 3.41. The van der Waals surface area contributed by atoms with Crippen molar-refractivity contribution in [2.75, 3.05) is 21.1 Å². The third-order valence-corrected chi connectivity index (χ3v) is 3.41. The van der Waals surface area contributed by atoms with Gasteiger partial charge < -0.3 is 4.48 Å². The second-order valence-electron chi connectivity index (χ2n) is 5.56. The first-order valence-electron chi connectivity index (χ1n) is 6.39. The lowest BCUT2D eigenvalue weighted by Gasteiger charge is -2.33. The minimum atomic E-state index is 0.795. The average Bonchev–Trinajstić information content (AvgIpc) is 2.24. The Morgan fingerprint density at radius 3 is 2.19 bits per heavy atom. The van der Waals surface area contributed by atoms with Gasteiger partial charge in [-0.05, 0) is 31.2 Å². The van der Waals surface area contributed by atoms with Crippen molar-refractivity contribution < 1.29 is 4.48 Å². The van der Waals surface area contributed by atoms with Crippen molar-refractivity contribution in [2.24, 2.45) is 0 Å². The molecule has 0 aliphatic carbocycles. The van der Waals surface area contributed by atoms with Gasteiger partial charge >= 0.3 is 0 Å². The highest BCUT2D eigenvalue weighted by molar-refractivity contribution is 5.14. The molecule has 0 fully saturated rings. The van der Waals surface area contributed by atoms with Crippen LogP contribution in [0.4, 0.5) is 0 Å². The summed E-state index contributed by atoms with van der Waals surface area (Å²) in [5.74, 6) is 0. The fourth-order valence-electron chi connectivity index (χ4n) is 2.33. The molecule has 1 aromatic carbocycles. The predicted octanol–water partition coefficient (Wildman–Crippen LogP) is 3.49. The molecule has 0 saturated carbocycles. The van der Waals surface area contributed by atoms with E-state index in [1.807, 2.05) is 0 Å². The summed E-state index contributed by atoms with van der Waals surface area (Å²) in [6.07, 6.45) is 5.13. The summed E-state index contributed by atoms with van der Waals surface area (Å²) >= 11 is 0. The van der Waals surface area contributed by atoms with Crippen molar-refractivity contribution in [3.8, 4) is 0 Å². The molecule has 1 aromatic rings. The molecule has 1 unspecified atom stereocenters. The van der Waals surface area contributed by atoms with Crippen LogP contribution in [0.1, 0.15) is 31.7 Å². The molecule has 0 N–H and O–H groups in total. The van der Waals surface area contributed by atoms with Crippen LogP contribution in [-0.4, -0.2) is 31.7 Å². The molecule has 0 bridgehead atoms. The molecule has 0 spiro atoms. The van der Waals surface area contributed by atoms with Gasteiger partial charge in [-0.25, -0.2) is 0 Å². The van der Waals surface area contributed by atoms with Gasteiger partial charge in [0.1, 0.15) is 0 Å². The van der Waals surface area contributed by atoms with Gasteiger partial charge in [-0.1, -0.05) is 37.3 Å². The molecule has 0 saturated heterocycles. The molecule has 0 aromatic heterocycles. The molecule has 1 rings (SSSR count). The van der Waals surface area contributed by atoms with Crippen LogP contribution in [0.5, 0.6) is 0 Å². The van der Waals surface area contributed by atoms with Crippen molar-refractivity contribution in [1.29, 1.82) is 0 Å². The van der Waals surface area contributed by atoms with Crippen molar-refractivity contribution >= 4 is 0 Å². The molecule has 0 aliphatic rings. The van der Waals surface area contributed by atoms with E-state index in [0.717, 1.165) is 10.5 Å². The van der Waals surface area contributed by atoms with E-state index in [9.17, 15) is 0 Å². The maximum atomic E-state index is 2.30. The number of rotatable bonds is 6. The number of hydrogen-bond donors (Lipinski definition) is 0.